The van der Waals surface area contributed by atoms with Crippen LogP contribution in [0.4, 0.5) is 5.69 Å². The quantitative estimate of drug-likeness (QED) is 0.609. The average molecular weight is 313 g/mol. The summed E-state index contributed by atoms with van der Waals surface area (Å²) in [6, 6.07) is 1.93. The second-order valence-corrected chi connectivity index (χ2v) is 6.63. The van der Waals surface area contributed by atoms with E-state index in [-0.39, 0.29) is 11.1 Å². The minimum Gasteiger partial charge on any atom is -0.352 e. The number of nitrogens with one attached hydrogen (secondary N) is 1. The van der Waals surface area contributed by atoms with Crippen LogP contribution in [0.5, 0.6) is 0 Å². The van der Waals surface area contributed by atoms with E-state index < -0.39 is 31.4 Å². The Labute approximate surface area is 121 Å². The smallest absolute Gasteiger partial charge is 0.274 e. The van der Waals surface area contributed by atoms with Gasteiger partial charge in [0.1, 0.15) is 0 Å². The maximum Gasteiger partial charge on any atom is 0.274 e. The summed E-state index contributed by atoms with van der Waals surface area (Å²) in [6.07, 6.45) is 2.08. The molecular formula is C12H15N3O5S. The lowest BCUT2D eigenvalue weighted by atomic mass is 10.1. The van der Waals surface area contributed by atoms with Gasteiger partial charge in [-0.2, -0.15) is 0 Å². The van der Waals surface area contributed by atoms with Gasteiger partial charge in [0.2, 0.25) is 10.0 Å². The van der Waals surface area contributed by atoms with Crippen molar-refractivity contribution in [3.63, 3.8) is 0 Å². The summed E-state index contributed by atoms with van der Waals surface area (Å²) < 4.78 is 22.8. The molecule has 1 aliphatic rings. The molecule has 0 spiro atoms. The van der Waals surface area contributed by atoms with Gasteiger partial charge in [-0.3, -0.25) is 14.9 Å². The van der Waals surface area contributed by atoms with Gasteiger partial charge in [-0.15, -0.1) is 0 Å². The van der Waals surface area contributed by atoms with Crippen LogP contribution in [0.3, 0.4) is 0 Å². The molecule has 0 bridgehead atoms. The normalized spacial score (nSPS) is 14.8. The molecule has 1 aromatic carbocycles. The summed E-state index contributed by atoms with van der Waals surface area (Å²) in [7, 11) is -4.13. The molecule has 0 aliphatic heterocycles. The van der Waals surface area contributed by atoms with E-state index in [1.165, 1.54) is 6.92 Å². The largest absolute Gasteiger partial charge is 0.352 e. The third-order valence-electron chi connectivity index (χ3n) is 3.37. The van der Waals surface area contributed by atoms with E-state index in [1.54, 1.807) is 0 Å². The van der Waals surface area contributed by atoms with Crippen LogP contribution in [-0.2, 0) is 10.0 Å². The second-order valence-electron chi connectivity index (χ2n) is 5.07. The van der Waals surface area contributed by atoms with Crippen molar-refractivity contribution in [1.82, 2.24) is 5.32 Å². The van der Waals surface area contributed by atoms with Crippen LogP contribution in [0.25, 0.3) is 0 Å². The standard InChI is InChI=1S/C12H15N3O5S/c1-7-10(12(16)14-6-8-2-3-8)4-9(21(13,19)20)5-11(7)15(17)18/h4-5,8H,2-3,6H2,1H3,(H,14,16)(H2,13,19,20). The fraction of sp³-hybridized carbons (Fsp3) is 0.417. The maximum atomic E-state index is 12.1. The lowest BCUT2D eigenvalue weighted by Gasteiger charge is -2.09. The number of carbonyl (C=O) groups is 1. The molecule has 2 rings (SSSR count). The fourth-order valence-corrected chi connectivity index (χ4v) is 2.48. The fourth-order valence-electron chi connectivity index (χ4n) is 1.92. The van der Waals surface area contributed by atoms with Crippen molar-refractivity contribution in [2.24, 2.45) is 11.1 Å². The second kappa shape index (κ2) is 5.41. The van der Waals surface area contributed by atoms with Gasteiger partial charge in [0, 0.05) is 18.2 Å². The number of nitrogens with two attached hydrogens (primary N) is 1. The van der Waals surface area contributed by atoms with Gasteiger partial charge >= 0.3 is 0 Å². The Kier molecular flexibility index (Phi) is 3.97. The minimum atomic E-state index is -4.13. The third kappa shape index (κ3) is 3.56. The van der Waals surface area contributed by atoms with Crippen molar-refractivity contribution in [3.05, 3.63) is 33.4 Å². The minimum absolute atomic E-state index is 0.0473. The van der Waals surface area contributed by atoms with E-state index in [1.807, 2.05) is 0 Å². The van der Waals surface area contributed by atoms with E-state index in [2.05, 4.69) is 5.32 Å². The first kappa shape index (κ1) is 15.4. The number of carbonyl (C=O) groups excluding carboxylic acids is 1. The van der Waals surface area contributed by atoms with Crippen LogP contribution in [0.2, 0.25) is 0 Å². The predicted molar refractivity (Wildman–Crippen MR) is 74.3 cm³/mol. The lowest BCUT2D eigenvalue weighted by molar-refractivity contribution is -0.385. The van der Waals surface area contributed by atoms with E-state index in [9.17, 15) is 23.3 Å². The Morgan fingerprint density at radius 2 is 2.10 bits per heavy atom. The van der Waals surface area contributed by atoms with Crippen molar-refractivity contribution < 1.29 is 18.1 Å². The molecule has 0 radical (unpaired) electrons. The zero-order valence-corrected chi connectivity index (χ0v) is 12.1. The Balaban J connectivity index is 2.44. The van der Waals surface area contributed by atoms with Crippen molar-refractivity contribution in [1.29, 1.82) is 0 Å². The first-order valence-corrected chi connectivity index (χ1v) is 7.85. The van der Waals surface area contributed by atoms with E-state index >= 15 is 0 Å². The monoisotopic (exact) mass is 313 g/mol. The Morgan fingerprint density at radius 1 is 1.48 bits per heavy atom. The molecule has 1 saturated carbocycles. The average Bonchev–Trinajstić information content (AvgIpc) is 3.18. The molecule has 1 fully saturated rings. The highest BCUT2D eigenvalue weighted by atomic mass is 32.2. The zero-order valence-electron chi connectivity index (χ0n) is 11.3. The van der Waals surface area contributed by atoms with Crippen LogP contribution < -0.4 is 10.5 Å². The molecule has 0 aromatic heterocycles. The number of rotatable bonds is 5. The van der Waals surface area contributed by atoms with Crippen molar-refractivity contribution >= 4 is 21.6 Å². The third-order valence-corrected chi connectivity index (χ3v) is 4.26. The first-order chi connectivity index (χ1) is 9.70. The van der Waals surface area contributed by atoms with Gasteiger partial charge in [-0.1, -0.05) is 0 Å². The Bertz CT molecular complexity index is 710. The highest BCUT2D eigenvalue weighted by molar-refractivity contribution is 7.89. The molecule has 21 heavy (non-hydrogen) atoms. The number of nitro groups is 1. The number of amides is 1. The van der Waals surface area contributed by atoms with Gasteiger partial charge in [-0.25, -0.2) is 13.6 Å². The molecule has 0 heterocycles. The van der Waals surface area contributed by atoms with E-state index in [4.69, 9.17) is 5.14 Å². The lowest BCUT2D eigenvalue weighted by Crippen LogP contribution is -2.27. The van der Waals surface area contributed by atoms with Gasteiger partial charge in [0.15, 0.2) is 0 Å². The van der Waals surface area contributed by atoms with Gasteiger partial charge in [0.25, 0.3) is 11.6 Å². The van der Waals surface area contributed by atoms with Gasteiger partial charge in [0.05, 0.1) is 15.4 Å². The molecule has 9 heteroatoms. The van der Waals surface area contributed by atoms with Crippen LogP contribution in [0.15, 0.2) is 17.0 Å². The predicted octanol–water partition coefficient (Wildman–Crippen LogP) is 0.690. The van der Waals surface area contributed by atoms with Crippen molar-refractivity contribution in [3.8, 4) is 0 Å². The molecule has 8 nitrogen and oxygen atoms in total. The van der Waals surface area contributed by atoms with Gasteiger partial charge < -0.3 is 5.32 Å². The zero-order chi connectivity index (χ0) is 15.8. The molecule has 0 unspecified atom stereocenters. The maximum absolute atomic E-state index is 12.1. The number of hydrogen-bond donors (Lipinski definition) is 2. The Morgan fingerprint density at radius 3 is 2.57 bits per heavy atom. The van der Waals surface area contributed by atoms with E-state index in [0.717, 1.165) is 25.0 Å². The molecular weight excluding hydrogens is 298 g/mol. The van der Waals surface area contributed by atoms with Crippen LogP contribution >= 0.6 is 0 Å². The van der Waals surface area contributed by atoms with Gasteiger partial charge in [-0.05, 0) is 31.7 Å². The number of sulfonamides is 1. The molecule has 114 valence electrons. The first-order valence-electron chi connectivity index (χ1n) is 6.30. The number of benzene rings is 1. The molecule has 1 amide bonds. The number of nitrogens with zero attached hydrogens (tertiary/aromatic N) is 1. The number of hydrogen-bond acceptors (Lipinski definition) is 5. The summed E-state index contributed by atoms with van der Waals surface area (Å²) in [6.45, 7) is 1.88. The van der Waals surface area contributed by atoms with Crippen LogP contribution in [0.1, 0.15) is 28.8 Å². The van der Waals surface area contributed by atoms with Crippen LogP contribution in [-0.4, -0.2) is 25.8 Å². The molecule has 1 aromatic rings. The molecule has 1 aliphatic carbocycles. The molecule has 0 atom stereocenters. The summed E-state index contributed by atoms with van der Waals surface area (Å²) in [5.74, 6) is -0.0985. The Hall–Kier alpha value is -2.00. The number of primary sulfonamides is 1. The van der Waals surface area contributed by atoms with E-state index in [0.29, 0.717) is 12.5 Å². The summed E-state index contributed by atoms with van der Waals surface area (Å²) in [4.78, 5) is 21.9. The van der Waals surface area contributed by atoms with Crippen molar-refractivity contribution in [2.75, 3.05) is 6.54 Å². The summed E-state index contributed by atoms with van der Waals surface area (Å²) in [5, 5.41) is 18.6. The van der Waals surface area contributed by atoms with Crippen molar-refractivity contribution in [2.45, 2.75) is 24.7 Å². The molecule has 0 saturated heterocycles. The highest BCUT2D eigenvalue weighted by Crippen LogP contribution is 2.29. The number of nitro benzene ring substituents is 1. The topological polar surface area (TPSA) is 132 Å². The highest BCUT2D eigenvalue weighted by Gasteiger charge is 2.26. The summed E-state index contributed by atoms with van der Waals surface area (Å²) >= 11 is 0. The SMILES string of the molecule is Cc1c(C(=O)NCC2CC2)cc(S(N)(=O)=O)cc1[N+](=O)[O-]. The summed E-state index contributed by atoms with van der Waals surface area (Å²) in [5.41, 5.74) is -0.382. The molecule has 3 N–H and O–H groups in total. The van der Waals surface area contributed by atoms with Crippen LogP contribution in [0, 0.1) is 23.0 Å².